The first-order chi connectivity index (χ1) is 7.36. The lowest BCUT2D eigenvalue weighted by atomic mass is 10.4. The second-order valence-electron chi connectivity index (χ2n) is 3.41. The Kier molecular flexibility index (Phi) is 10.6. The van der Waals surface area contributed by atoms with Crippen molar-refractivity contribution in [1.29, 1.82) is 0 Å². The lowest BCUT2D eigenvalue weighted by Gasteiger charge is -2.27. The number of aromatic nitrogens is 1. The number of piperazine rings is 1. The predicted molar refractivity (Wildman–Crippen MR) is 75.8 cm³/mol. The number of anilines is 1. The first-order valence-corrected chi connectivity index (χ1v) is 5.03. The summed E-state index contributed by atoms with van der Waals surface area (Å²) in [5.74, 6) is 0. The van der Waals surface area contributed by atoms with Crippen LogP contribution in [0, 0.1) is 0 Å². The second kappa shape index (κ2) is 9.90. The largest absolute Gasteiger partial charge is 0.412 e. The number of carbonyl (C=O) groups excluding carboxylic acids is 1. The third-order valence-corrected chi connectivity index (χ3v) is 2.32. The average Bonchev–Trinajstić information content (AvgIpc) is 2.31. The summed E-state index contributed by atoms with van der Waals surface area (Å²) in [6, 6.07) is 3.57. The van der Waals surface area contributed by atoms with Crippen LogP contribution in [0.5, 0.6) is 0 Å². The van der Waals surface area contributed by atoms with Gasteiger partial charge in [0.15, 0.2) is 0 Å². The molecule has 1 aromatic rings. The standard InChI is InChI=1S/C10H14N4O.2ClH.H2O/c15-10(14-6-4-11-5-7-14)13-9-2-1-3-12-8-9;;;/h1-3,8,11H,4-7H2,(H,13,15);2*1H;1H2. The number of nitrogens with one attached hydrogen (secondary N) is 2. The summed E-state index contributed by atoms with van der Waals surface area (Å²) in [6.45, 7) is 3.24. The van der Waals surface area contributed by atoms with Crippen LogP contribution in [0.25, 0.3) is 0 Å². The van der Waals surface area contributed by atoms with Gasteiger partial charge >= 0.3 is 6.03 Å². The van der Waals surface area contributed by atoms with Crippen molar-refractivity contribution in [2.24, 2.45) is 0 Å². The predicted octanol–water partition coefficient (Wildman–Crippen LogP) is 0.538. The van der Waals surface area contributed by atoms with Crippen LogP contribution in [0.15, 0.2) is 24.5 Å². The maximum atomic E-state index is 11.7. The van der Waals surface area contributed by atoms with E-state index in [1.54, 1.807) is 23.4 Å². The summed E-state index contributed by atoms with van der Waals surface area (Å²) in [7, 11) is 0. The van der Waals surface area contributed by atoms with Gasteiger partial charge in [-0.25, -0.2) is 4.79 Å². The Morgan fingerprint density at radius 2 is 2.00 bits per heavy atom. The molecule has 1 aliphatic rings. The number of amides is 2. The first-order valence-electron chi connectivity index (χ1n) is 5.03. The Morgan fingerprint density at radius 1 is 1.33 bits per heavy atom. The highest BCUT2D eigenvalue weighted by Gasteiger charge is 2.15. The number of hydrogen-bond acceptors (Lipinski definition) is 3. The van der Waals surface area contributed by atoms with Crippen LogP contribution < -0.4 is 10.6 Å². The first kappa shape index (κ1) is 19.3. The lowest BCUT2D eigenvalue weighted by Crippen LogP contribution is -2.48. The van der Waals surface area contributed by atoms with Crippen LogP contribution in [0.1, 0.15) is 0 Å². The molecule has 0 bridgehead atoms. The molecule has 0 aliphatic carbocycles. The molecule has 0 aromatic carbocycles. The van der Waals surface area contributed by atoms with Gasteiger partial charge < -0.3 is 21.0 Å². The molecule has 0 radical (unpaired) electrons. The molecule has 0 unspecified atom stereocenters. The van der Waals surface area contributed by atoms with Crippen molar-refractivity contribution in [1.82, 2.24) is 15.2 Å². The molecule has 1 aliphatic heterocycles. The van der Waals surface area contributed by atoms with Gasteiger partial charge in [-0.15, -0.1) is 24.8 Å². The van der Waals surface area contributed by atoms with Crippen LogP contribution in [-0.2, 0) is 0 Å². The van der Waals surface area contributed by atoms with Gasteiger partial charge in [0.05, 0.1) is 11.9 Å². The van der Waals surface area contributed by atoms with E-state index in [2.05, 4.69) is 15.6 Å². The van der Waals surface area contributed by atoms with Gasteiger partial charge in [-0.05, 0) is 12.1 Å². The molecule has 18 heavy (non-hydrogen) atoms. The molecule has 8 heteroatoms. The van der Waals surface area contributed by atoms with Crippen molar-refractivity contribution in [3.63, 3.8) is 0 Å². The van der Waals surface area contributed by atoms with Gasteiger partial charge in [-0.3, -0.25) is 4.98 Å². The Hall–Kier alpha value is -1.08. The molecule has 2 rings (SSSR count). The van der Waals surface area contributed by atoms with Gasteiger partial charge in [0, 0.05) is 32.4 Å². The molecule has 104 valence electrons. The zero-order chi connectivity index (χ0) is 10.5. The van der Waals surface area contributed by atoms with Crippen LogP contribution in [0.3, 0.4) is 0 Å². The van der Waals surface area contributed by atoms with E-state index in [1.807, 2.05) is 6.07 Å². The zero-order valence-electron chi connectivity index (χ0n) is 9.76. The van der Waals surface area contributed by atoms with Crippen molar-refractivity contribution in [3.8, 4) is 0 Å². The van der Waals surface area contributed by atoms with E-state index in [9.17, 15) is 4.79 Å². The maximum absolute atomic E-state index is 11.7. The highest BCUT2D eigenvalue weighted by Crippen LogP contribution is 2.04. The van der Waals surface area contributed by atoms with Crippen LogP contribution in [0.2, 0.25) is 0 Å². The summed E-state index contributed by atoms with van der Waals surface area (Å²) in [4.78, 5) is 17.5. The molecule has 0 atom stereocenters. The fraction of sp³-hybridized carbons (Fsp3) is 0.400. The number of pyridine rings is 1. The third kappa shape index (κ3) is 5.50. The van der Waals surface area contributed by atoms with Gasteiger partial charge in [-0.2, -0.15) is 0 Å². The van der Waals surface area contributed by atoms with Crippen molar-refractivity contribution in [2.45, 2.75) is 0 Å². The molecule has 2 amide bonds. The molecule has 0 spiro atoms. The van der Waals surface area contributed by atoms with Gasteiger partial charge in [0.25, 0.3) is 0 Å². The van der Waals surface area contributed by atoms with Gasteiger partial charge in [0.1, 0.15) is 0 Å². The molecule has 0 saturated carbocycles. The highest BCUT2D eigenvalue weighted by molar-refractivity contribution is 5.89. The molecule has 1 fully saturated rings. The Bertz CT molecular complexity index is 334. The Balaban J connectivity index is 0. The lowest BCUT2D eigenvalue weighted by molar-refractivity contribution is 0.204. The molecule has 2 heterocycles. The number of halogens is 2. The number of carbonyl (C=O) groups is 1. The average molecular weight is 297 g/mol. The maximum Gasteiger partial charge on any atom is 0.321 e. The summed E-state index contributed by atoms with van der Waals surface area (Å²) < 4.78 is 0. The smallest absolute Gasteiger partial charge is 0.321 e. The summed E-state index contributed by atoms with van der Waals surface area (Å²) in [6.07, 6.45) is 3.32. The van der Waals surface area contributed by atoms with Crippen molar-refractivity contribution in [2.75, 3.05) is 31.5 Å². The minimum absolute atomic E-state index is 0. The van der Waals surface area contributed by atoms with Crippen LogP contribution in [0.4, 0.5) is 10.5 Å². The Morgan fingerprint density at radius 3 is 2.56 bits per heavy atom. The molecular weight excluding hydrogens is 279 g/mol. The molecular formula is C10H18Cl2N4O2. The number of hydrogen-bond donors (Lipinski definition) is 2. The van der Waals surface area contributed by atoms with Crippen molar-refractivity contribution < 1.29 is 10.3 Å². The van der Waals surface area contributed by atoms with E-state index in [4.69, 9.17) is 0 Å². The number of rotatable bonds is 1. The van der Waals surface area contributed by atoms with E-state index >= 15 is 0 Å². The third-order valence-electron chi connectivity index (χ3n) is 2.32. The van der Waals surface area contributed by atoms with Crippen molar-refractivity contribution in [3.05, 3.63) is 24.5 Å². The minimum Gasteiger partial charge on any atom is -0.412 e. The van der Waals surface area contributed by atoms with Gasteiger partial charge in [-0.1, -0.05) is 0 Å². The zero-order valence-corrected chi connectivity index (χ0v) is 11.4. The topological polar surface area (TPSA) is 88.8 Å². The number of urea groups is 1. The quantitative estimate of drug-likeness (QED) is 0.793. The summed E-state index contributed by atoms with van der Waals surface area (Å²) >= 11 is 0. The normalized spacial score (nSPS) is 13.4. The van der Waals surface area contributed by atoms with Crippen LogP contribution >= 0.6 is 24.8 Å². The summed E-state index contributed by atoms with van der Waals surface area (Å²) in [5.41, 5.74) is 0.737. The molecule has 1 aromatic heterocycles. The Labute approximate surface area is 118 Å². The van der Waals surface area contributed by atoms with E-state index in [-0.39, 0.29) is 36.3 Å². The van der Waals surface area contributed by atoms with E-state index < -0.39 is 0 Å². The van der Waals surface area contributed by atoms with Gasteiger partial charge in [0.2, 0.25) is 0 Å². The highest BCUT2D eigenvalue weighted by atomic mass is 35.5. The van der Waals surface area contributed by atoms with Crippen molar-refractivity contribution >= 4 is 36.5 Å². The molecule has 6 nitrogen and oxygen atoms in total. The number of nitrogens with zero attached hydrogens (tertiary/aromatic N) is 2. The molecule has 4 N–H and O–H groups in total. The summed E-state index contributed by atoms with van der Waals surface area (Å²) in [5, 5.41) is 6.01. The molecule has 1 saturated heterocycles. The van der Waals surface area contributed by atoms with E-state index in [1.165, 1.54) is 0 Å². The minimum atomic E-state index is -0.0514. The van der Waals surface area contributed by atoms with E-state index in [0.29, 0.717) is 0 Å². The second-order valence-corrected chi connectivity index (χ2v) is 3.41. The fourth-order valence-corrected chi connectivity index (χ4v) is 1.51. The van der Waals surface area contributed by atoms with E-state index in [0.717, 1.165) is 31.9 Å². The fourth-order valence-electron chi connectivity index (χ4n) is 1.51. The monoisotopic (exact) mass is 296 g/mol. The SMILES string of the molecule is Cl.Cl.O.O=C(Nc1cccnc1)N1CCNCC1. The van der Waals surface area contributed by atoms with Crippen LogP contribution in [-0.4, -0.2) is 47.6 Å².